The number of aromatic nitrogens is 1. The van der Waals surface area contributed by atoms with E-state index >= 15 is 0 Å². The van der Waals surface area contributed by atoms with Gasteiger partial charge in [-0.3, -0.25) is 0 Å². The molecule has 2 atom stereocenters. The average Bonchev–Trinajstić information content (AvgIpc) is 2.91. The van der Waals surface area contributed by atoms with E-state index < -0.39 is 0 Å². The summed E-state index contributed by atoms with van der Waals surface area (Å²) in [4.78, 5) is 2.41. The van der Waals surface area contributed by atoms with Crippen LogP contribution in [0.15, 0.2) is 42.5 Å². The number of aryl methyl sites for hydroxylation is 1. The molecule has 0 spiro atoms. The van der Waals surface area contributed by atoms with Gasteiger partial charge < -0.3 is 14.6 Å². The molecule has 140 valence electrons. The first-order chi connectivity index (χ1) is 13.0. The maximum Gasteiger partial charge on any atom is 0.123 e. The van der Waals surface area contributed by atoms with Crippen LogP contribution in [0.25, 0.3) is 10.9 Å². The smallest absolute Gasteiger partial charge is 0.123 e. The van der Waals surface area contributed by atoms with Gasteiger partial charge in [-0.2, -0.15) is 0 Å². The van der Waals surface area contributed by atoms with Crippen molar-refractivity contribution in [1.82, 2.24) is 9.47 Å². The van der Waals surface area contributed by atoms with Gasteiger partial charge in [0.05, 0.1) is 0 Å². The van der Waals surface area contributed by atoms with Crippen molar-refractivity contribution in [2.75, 3.05) is 20.1 Å². The highest BCUT2D eigenvalue weighted by Gasteiger charge is 2.48. The van der Waals surface area contributed by atoms with Crippen molar-refractivity contribution in [1.29, 1.82) is 0 Å². The van der Waals surface area contributed by atoms with Crippen molar-refractivity contribution in [2.24, 2.45) is 13.0 Å². The molecule has 1 N–H and O–H groups in total. The Labute approximate surface area is 159 Å². The number of piperidine rings is 1. The summed E-state index contributed by atoms with van der Waals surface area (Å²) >= 11 is 0. The molecular weight excluding hydrogens is 339 g/mol. The average molecular weight is 364 g/mol. The maximum atomic E-state index is 14.0. The lowest BCUT2D eigenvalue weighted by Crippen LogP contribution is -2.52. The van der Waals surface area contributed by atoms with Crippen LogP contribution in [0.3, 0.4) is 0 Å². The Morgan fingerprint density at radius 1 is 1.15 bits per heavy atom. The minimum Gasteiger partial charge on any atom is -0.508 e. The summed E-state index contributed by atoms with van der Waals surface area (Å²) in [5.74, 6) is 0.630. The van der Waals surface area contributed by atoms with Crippen LogP contribution in [0.1, 0.15) is 23.2 Å². The van der Waals surface area contributed by atoms with Crippen LogP contribution < -0.4 is 0 Å². The Balaban J connectivity index is 1.72. The summed E-state index contributed by atoms with van der Waals surface area (Å²) in [6.07, 6.45) is 2.97. The summed E-state index contributed by atoms with van der Waals surface area (Å²) in [6, 6.07) is 13.0. The fourth-order valence-electron chi connectivity index (χ4n) is 5.57. The number of halogens is 1. The van der Waals surface area contributed by atoms with Crippen molar-refractivity contribution in [2.45, 2.75) is 24.7 Å². The van der Waals surface area contributed by atoms with E-state index in [0.717, 1.165) is 43.3 Å². The molecule has 1 fully saturated rings. The second-order valence-corrected chi connectivity index (χ2v) is 8.44. The minimum absolute atomic E-state index is 0.0267. The number of phenols is 1. The topological polar surface area (TPSA) is 28.4 Å². The molecule has 1 aromatic heterocycles. The normalized spacial score (nSPS) is 25.4. The zero-order valence-corrected chi connectivity index (χ0v) is 15.9. The van der Waals surface area contributed by atoms with Gasteiger partial charge >= 0.3 is 0 Å². The van der Waals surface area contributed by atoms with Crippen LogP contribution in [0.2, 0.25) is 0 Å². The Morgan fingerprint density at radius 3 is 2.81 bits per heavy atom. The summed E-state index contributed by atoms with van der Waals surface area (Å²) in [5.41, 5.74) is 5.00. The lowest BCUT2D eigenvalue weighted by atomic mass is 9.59. The van der Waals surface area contributed by atoms with Crippen molar-refractivity contribution in [3.05, 3.63) is 65.1 Å². The third-order valence-electron chi connectivity index (χ3n) is 7.01. The first-order valence-corrected chi connectivity index (χ1v) is 9.72. The standard InChI is InChI=1S/C23H25FN2O/c1-25-9-8-23(15-4-3-5-18(27)10-15)13-22-19(11-16(23)14-25)20-12-17(24)6-7-21(20)26(22)2/h3-7,10,12,16,27H,8-9,11,13-14H2,1-2H3. The number of rotatable bonds is 1. The van der Waals surface area contributed by atoms with Gasteiger partial charge in [-0.15, -0.1) is 0 Å². The van der Waals surface area contributed by atoms with Gasteiger partial charge in [-0.25, -0.2) is 4.39 Å². The lowest BCUT2D eigenvalue weighted by Gasteiger charge is -2.50. The van der Waals surface area contributed by atoms with E-state index in [-0.39, 0.29) is 11.2 Å². The molecule has 4 heteroatoms. The molecule has 3 nitrogen and oxygen atoms in total. The zero-order chi connectivity index (χ0) is 18.8. The van der Waals surface area contributed by atoms with E-state index in [1.165, 1.54) is 16.8 Å². The van der Waals surface area contributed by atoms with Crippen LogP contribution >= 0.6 is 0 Å². The molecule has 2 aliphatic rings. The van der Waals surface area contributed by atoms with Gasteiger partial charge in [0, 0.05) is 35.6 Å². The molecular formula is C23H25FN2O. The Bertz CT molecular complexity index is 1040. The monoisotopic (exact) mass is 364 g/mol. The van der Waals surface area contributed by atoms with Crippen LogP contribution in [0.5, 0.6) is 5.75 Å². The SMILES string of the molecule is CN1CCC2(c3cccc(O)c3)Cc3c(c4cc(F)ccc4n3C)CC2C1. The first kappa shape index (κ1) is 16.8. The van der Waals surface area contributed by atoms with Gasteiger partial charge in [-0.1, -0.05) is 12.1 Å². The molecule has 5 rings (SSSR count). The summed E-state index contributed by atoms with van der Waals surface area (Å²) in [7, 11) is 4.29. The molecule has 1 saturated heterocycles. The highest BCUT2D eigenvalue weighted by molar-refractivity contribution is 5.86. The Kier molecular flexibility index (Phi) is 3.63. The molecule has 1 aliphatic carbocycles. The lowest BCUT2D eigenvalue weighted by molar-refractivity contribution is 0.0985. The fraction of sp³-hybridized carbons (Fsp3) is 0.391. The minimum atomic E-state index is -0.165. The van der Waals surface area contributed by atoms with Gasteiger partial charge in [0.15, 0.2) is 0 Å². The largest absolute Gasteiger partial charge is 0.508 e. The predicted octanol–water partition coefficient (Wildman–Crippen LogP) is 4.01. The van der Waals surface area contributed by atoms with Crippen molar-refractivity contribution < 1.29 is 9.50 Å². The number of phenolic OH excluding ortho intramolecular Hbond substituents is 1. The van der Waals surface area contributed by atoms with Gasteiger partial charge in [-0.05, 0) is 80.2 Å². The second kappa shape index (κ2) is 5.83. The highest BCUT2D eigenvalue weighted by Crippen LogP contribution is 2.49. The molecule has 2 heterocycles. The Morgan fingerprint density at radius 2 is 2.00 bits per heavy atom. The van der Waals surface area contributed by atoms with E-state index in [1.54, 1.807) is 18.2 Å². The van der Waals surface area contributed by atoms with Crippen molar-refractivity contribution in [3.63, 3.8) is 0 Å². The van der Waals surface area contributed by atoms with Crippen molar-refractivity contribution in [3.8, 4) is 5.75 Å². The number of likely N-dealkylation sites (tertiary alicyclic amines) is 1. The van der Waals surface area contributed by atoms with Crippen molar-refractivity contribution >= 4 is 10.9 Å². The second-order valence-electron chi connectivity index (χ2n) is 8.44. The first-order valence-electron chi connectivity index (χ1n) is 9.72. The number of aromatic hydroxyl groups is 1. The molecule has 0 radical (unpaired) electrons. The molecule has 0 amide bonds. The van der Waals surface area contributed by atoms with Gasteiger partial charge in [0.1, 0.15) is 11.6 Å². The summed E-state index contributed by atoms with van der Waals surface area (Å²) in [6.45, 7) is 2.08. The number of benzene rings is 2. The van der Waals surface area contributed by atoms with E-state index in [1.807, 2.05) is 18.2 Å². The number of hydrogen-bond donors (Lipinski definition) is 1. The molecule has 0 saturated carbocycles. The summed E-state index contributed by atoms with van der Waals surface area (Å²) in [5, 5.41) is 11.2. The van der Waals surface area contributed by atoms with E-state index in [9.17, 15) is 9.50 Å². The van der Waals surface area contributed by atoms with Gasteiger partial charge in [0.2, 0.25) is 0 Å². The third kappa shape index (κ3) is 2.43. The van der Waals surface area contributed by atoms with Crippen LogP contribution in [0, 0.1) is 11.7 Å². The van der Waals surface area contributed by atoms with E-state index in [4.69, 9.17) is 0 Å². The van der Waals surface area contributed by atoms with E-state index in [2.05, 4.69) is 29.6 Å². The van der Waals surface area contributed by atoms with Crippen LogP contribution in [-0.2, 0) is 25.3 Å². The number of fused-ring (bicyclic) bond motifs is 4. The van der Waals surface area contributed by atoms with E-state index in [0.29, 0.717) is 11.7 Å². The Hall–Kier alpha value is -2.33. The molecule has 2 unspecified atom stereocenters. The predicted molar refractivity (Wildman–Crippen MR) is 106 cm³/mol. The molecule has 2 aromatic carbocycles. The number of hydrogen-bond acceptors (Lipinski definition) is 2. The summed E-state index contributed by atoms with van der Waals surface area (Å²) < 4.78 is 16.2. The number of nitrogens with zero attached hydrogens (tertiary/aromatic N) is 2. The quantitative estimate of drug-likeness (QED) is 0.707. The zero-order valence-electron chi connectivity index (χ0n) is 15.9. The molecule has 27 heavy (non-hydrogen) atoms. The fourth-order valence-corrected chi connectivity index (χ4v) is 5.57. The highest BCUT2D eigenvalue weighted by atomic mass is 19.1. The third-order valence-corrected chi connectivity index (χ3v) is 7.01. The van der Waals surface area contributed by atoms with Crippen LogP contribution in [-0.4, -0.2) is 34.7 Å². The van der Waals surface area contributed by atoms with Gasteiger partial charge in [0.25, 0.3) is 0 Å². The molecule has 1 aliphatic heterocycles. The molecule has 0 bridgehead atoms. The molecule has 3 aromatic rings. The maximum absolute atomic E-state index is 14.0. The van der Waals surface area contributed by atoms with Crippen LogP contribution in [0.4, 0.5) is 4.39 Å².